The lowest BCUT2D eigenvalue weighted by Gasteiger charge is -2.19. The van der Waals surface area contributed by atoms with Gasteiger partial charge in [-0.2, -0.15) is 5.10 Å². The minimum Gasteiger partial charge on any atom is -0.344 e. The number of hydrogen-bond donors (Lipinski definition) is 1. The first-order valence-corrected chi connectivity index (χ1v) is 10.4. The third kappa shape index (κ3) is 3.33. The van der Waals surface area contributed by atoms with Gasteiger partial charge in [0.15, 0.2) is 5.82 Å². The van der Waals surface area contributed by atoms with Crippen molar-refractivity contribution < 1.29 is 4.39 Å². The van der Waals surface area contributed by atoms with Gasteiger partial charge in [-0.1, -0.05) is 35.9 Å². The summed E-state index contributed by atoms with van der Waals surface area (Å²) in [6, 6.07) is 14.2. The van der Waals surface area contributed by atoms with E-state index in [4.69, 9.17) is 16.7 Å². The minimum absolute atomic E-state index is 0.257. The number of aromatic amines is 1. The summed E-state index contributed by atoms with van der Waals surface area (Å²) in [5, 5.41) is 7.69. The molecule has 0 bridgehead atoms. The van der Waals surface area contributed by atoms with Crippen molar-refractivity contribution in [3.8, 4) is 5.82 Å². The zero-order valence-electron chi connectivity index (χ0n) is 17.4. The Balaban J connectivity index is 1.74. The first-order chi connectivity index (χ1) is 14.9. The first-order valence-electron chi connectivity index (χ1n) is 10.0. The maximum absolute atomic E-state index is 13.4. The number of fused-ring (bicyclic) bond motifs is 3. The van der Waals surface area contributed by atoms with Crippen LogP contribution in [0.15, 0.2) is 59.8 Å². The Morgan fingerprint density at radius 1 is 1.00 bits per heavy atom. The molecule has 31 heavy (non-hydrogen) atoms. The van der Waals surface area contributed by atoms with Crippen LogP contribution in [0.2, 0.25) is 5.02 Å². The average molecular weight is 434 g/mol. The van der Waals surface area contributed by atoms with Gasteiger partial charge in [-0.15, -0.1) is 0 Å². The number of aryl methyl sites for hydroxylation is 2. The van der Waals surface area contributed by atoms with Crippen LogP contribution in [0.1, 0.15) is 33.8 Å². The molecule has 0 aliphatic carbocycles. The van der Waals surface area contributed by atoms with E-state index < -0.39 is 0 Å². The summed E-state index contributed by atoms with van der Waals surface area (Å²) in [6.45, 7) is 6.61. The Hall–Kier alpha value is -3.38. The van der Waals surface area contributed by atoms with E-state index in [1.165, 1.54) is 12.1 Å². The summed E-state index contributed by atoms with van der Waals surface area (Å²) in [6.07, 6.45) is 1.82. The van der Waals surface area contributed by atoms with Crippen LogP contribution in [0, 0.1) is 26.6 Å². The largest absolute Gasteiger partial charge is 0.344 e. The smallest absolute Gasteiger partial charge is 0.155 e. The van der Waals surface area contributed by atoms with E-state index in [2.05, 4.69) is 28.4 Å². The van der Waals surface area contributed by atoms with Crippen molar-refractivity contribution in [3.63, 3.8) is 0 Å². The molecule has 0 spiro atoms. The number of hydrazone groups is 1. The molecule has 0 saturated carbocycles. The molecule has 0 amide bonds. The van der Waals surface area contributed by atoms with Gasteiger partial charge < -0.3 is 4.98 Å². The van der Waals surface area contributed by atoms with Gasteiger partial charge in [0.05, 0.1) is 12.7 Å². The van der Waals surface area contributed by atoms with E-state index in [9.17, 15) is 4.39 Å². The predicted octanol–water partition coefficient (Wildman–Crippen LogP) is 5.69. The SMILES string of the molecule is Cc1[nH]c2c(c1C)C(c1ccc(Cl)cc1)=NN(Cc1ccc(F)cc1)c1cnc(C)n1-2. The van der Waals surface area contributed by atoms with Crippen LogP contribution in [0.4, 0.5) is 10.2 Å². The number of anilines is 1. The highest BCUT2D eigenvalue weighted by molar-refractivity contribution is 6.30. The Bertz CT molecular complexity index is 1300. The van der Waals surface area contributed by atoms with Crippen LogP contribution in [0.25, 0.3) is 5.82 Å². The second kappa shape index (κ2) is 7.39. The van der Waals surface area contributed by atoms with E-state index >= 15 is 0 Å². The van der Waals surface area contributed by atoms with E-state index in [-0.39, 0.29) is 5.82 Å². The Labute approximate surface area is 184 Å². The van der Waals surface area contributed by atoms with Crippen LogP contribution in [-0.4, -0.2) is 20.2 Å². The fourth-order valence-corrected chi connectivity index (χ4v) is 4.08. The van der Waals surface area contributed by atoms with Gasteiger partial charge in [-0.25, -0.2) is 14.4 Å². The quantitative estimate of drug-likeness (QED) is 0.451. The van der Waals surface area contributed by atoms with Crippen molar-refractivity contribution >= 4 is 23.1 Å². The van der Waals surface area contributed by atoms with Crippen molar-refractivity contribution in [2.45, 2.75) is 27.3 Å². The lowest BCUT2D eigenvalue weighted by atomic mass is 10.00. The lowest BCUT2D eigenvalue weighted by Crippen LogP contribution is -2.20. The molecule has 4 aromatic rings. The van der Waals surface area contributed by atoms with Gasteiger partial charge in [-0.3, -0.25) is 4.57 Å². The number of benzene rings is 2. The second-order valence-electron chi connectivity index (χ2n) is 7.74. The zero-order chi connectivity index (χ0) is 21.7. The summed E-state index contributed by atoms with van der Waals surface area (Å²) in [5.41, 5.74) is 6.00. The van der Waals surface area contributed by atoms with E-state index in [0.717, 1.165) is 51.1 Å². The van der Waals surface area contributed by atoms with Crippen molar-refractivity contribution in [2.24, 2.45) is 5.10 Å². The van der Waals surface area contributed by atoms with Gasteiger partial charge in [-0.05, 0) is 56.2 Å². The predicted molar refractivity (Wildman–Crippen MR) is 122 cm³/mol. The van der Waals surface area contributed by atoms with Crippen molar-refractivity contribution in [1.29, 1.82) is 0 Å². The molecule has 2 aromatic heterocycles. The van der Waals surface area contributed by atoms with Gasteiger partial charge in [0, 0.05) is 21.8 Å². The molecule has 1 aliphatic rings. The number of halogens is 2. The van der Waals surface area contributed by atoms with Gasteiger partial charge in [0.1, 0.15) is 23.2 Å². The van der Waals surface area contributed by atoms with Crippen molar-refractivity contribution in [1.82, 2.24) is 14.5 Å². The number of hydrogen-bond acceptors (Lipinski definition) is 3. The third-order valence-corrected chi connectivity index (χ3v) is 5.96. The maximum Gasteiger partial charge on any atom is 0.155 e. The number of aromatic nitrogens is 3. The summed E-state index contributed by atoms with van der Waals surface area (Å²) in [7, 11) is 0. The molecule has 7 heteroatoms. The van der Waals surface area contributed by atoms with Crippen LogP contribution < -0.4 is 5.01 Å². The van der Waals surface area contributed by atoms with Gasteiger partial charge in [0.25, 0.3) is 0 Å². The summed E-state index contributed by atoms with van der Waals surface area (Å²) in [4.78, 5) is 8.08. The normalized spacial score (nSPS) is 12.9. The monoisotopic (exact) mass is 433 g/mol. The maximum atomic E-state index is 13.4. The highest BCUT2D eigenvalue weighted by Crippen LogP contribution is 2.34. The molecule has 156 valence electrons. The molecule has 2 aromatic carbocycles. The Morgan fingerprint density at radius 2 is 1.71 bits per heavy atom. The molecule has 0 saturated heterocycles. The number of nitrogens with one attached hydrogen (secondary N) is 1. The van der Waals surface area contributed by atoms with E-state index in [1.54, 1.807) is 12.1 Å². The molecule has 3 heterocycles. The van der Waals surface area contributed by atoms with Crippen LogP contribution in [0.3, 0.4) is 0 Å². The lowest BCUT2D eigenvalue weighted by molar-refractivity contribution is 0.626. The van der Waals surface area contributed by atoms with Gasteiger partial charge >= 0.3 is 0 Å². The highest BCUT2D eigenvalue weighted by Gasteiger charge is 2.28. The van der Waals surface area contributed by atoms with Crippen LogP contribution in [-0.2, 0) is 6.54 Å². The standard InChI is InChI=1S/C24H21ClFN5/c1-14-15(2)28-24-22(14)23(18-6-8-19(25)9-7-18)29-30(21-12-27-16(3)31(21)24)13-17-4-10-20(26)11-5-17/h4-12,28H,13H2,1-3H3. The number of H-pyrrole nitrogens is 1. The van der Waals surface area contributed by atoms with Crippen molar-refractivity contribution in [3.05, 3.63) is 99.3 Å². The molecule has 1 aliphatic heterocycles. The topological polar surface area (TPSA) is 49.2 Å². The summed E-state index contributed by atoms with van der Waals surface area (Å²) < 4.78 is 15.5. The van der Waals surface area contributed by atoms with Crippen molar-refractivity contribution in [2.75, 3.05) is 5.01 Å². The van der Waals surface area contributed by atoms with E-state index in [0.29, 0.717) is 11.6 Å². The molecule has 5 nitrogen and oxygen atoms in total. The average Bonchev–Trinajstić information content (AvgIpc) is 3.23. The Morgan fingerprint density at radius 3 is 2.42 bits per heavy atom. The summed E-state index contributed by atoms with van der Waals surface area (Å²) >= 11 is 6.14. The number of nitrogens with zero attached hydrogens (tertiary/aromatic N) is 4. The minimum atomic E-state index is -0.257. The first kappa shape index (κ1) is 19.6. The highest BCUT2D eigenvalue weighted by atomic mass is 35.5. The fraction of sp³-hybridized carbons (Fsp3) is 0.167. The molecule has 5 rings (SSSR count). The molecule has 0 fully saturated rings. The third-order valence-electron chi connectivity index (χ3n) is 5.71. The molecule has 1 N–H and O–H groups in total. The molecular formula is C24H21ClFN5. The Kier molecular flexibility index (Phi) is 4.67. The number of rotatable bonds is 3. The van der Waals surface area contributed by atoms with Crippen LogP contribution in [0.5, 0.6) is 0 Å². The number of imidazole rings is 1. The van der Waals surface area contributed by atoms with E-state index in [1.807, 2.05) is 42.4 Å². The zero-order valence-corrected chi connectivity index (χ0v) is 18.2. The van der Waals surface area contributed by atoms with Gasteiger partial charge in [0.2, 0.25) is 0 Å². The summed E-state index contributed by atoms with van der Waals surface area (Å²) in [5.74, 6) is 2.38. The van der Waals surface area contributed by atoms with Crippen LogP contribution >= 0.6 is 11.6 Å². The second-order valence-corrected chi connectivity index (χ2v) is 8.17. The molecule has 0 radical (unpaired) electrons. The molecule has 0 unspecified atom stereocenters. The molecular weight excluding hydrogens is 413 g/mol. The fourth-order valence-electron chi connectivity index (χ4n) is 3.96. The molecule has 0 atom stereocenters.